The molecule has 0 spiro atoms. The fourth-order valence-corrected chi connectivity index (χ4v) is 3.19. The topological polar surface area (TPSA) is 87.5 Å². The molecule has 3 rings (SSSR count). The first kappa shape index (κ1) is 14.1. The van der Waals surface area contributed by atoms with E-state index in [2.05, 4.69) is 10.4 Å². The molecule has 1 aromatic rings. The maximum Gasteiger partial charge on any atom is 0.322 e. The van der Waals surface area contributed by atoms with Gasteiger partial charge in [0.05, 0.1) is 0 Å². The highest BCUT2D eigenvalue weighted by Crippen LogP contribution is 2.25. The van der Waals surface area contributed by atoms with E-state index in [1.54, 1.807) is 9.58 Å². The smallest absolute Gasteiger partial charge is 0.322 e. The Morgan fingerprint density at radius 1 is 1.33 bits per heavy atom. The summed E-state index contributed by atoms with van der Waals surface area (Å²) in [7, 11) is 1.87. The van der Waals surface area contributed by atoms with Crippen LogP contribution in [-0.4, -0.2) is 57.3 Å². The number of nitrogens with one attached hydrogen (secondary N) is 1. The summed E-state index contributed by atoms with van der Waals surface area (Å²) in [6, 6.07) is -0.692. The molecule has 7 nitrogen and oxygen atoms in total. The van der Waals surface area contributed by atoms with Gasteiger partial charge in [0.25, 0.3) is 5.91 Å². The molecular weight excluding hydrogens is 272 g/mol. The first-order valence-electron chi connectivity index (χ1n) is 7.38. The Balaban J connectivity index is 1.84. The average Bonchev–Trinajstić information content (AvgIpc) is 2.84. The number of piperazine rings is 1. The van der Waals surface area contributed by atoms with Gasteiger partial charge in [-0.2, -0.15) is 5.10 Å². The fourth-order valence-electron chi connectivity index (χ4n) is 3.19. The molecule has 1 aliphatic carbocycles. The minimum atomic E-state index is -0.921. The Hall–Kier alpha value is -1.89. The number of aryl methyl sites for hydroxylation is 1. The van der Waals surface area contributed by atoms with E-state index in [-0.39, 0.29) is 12.5 Å². The summed E-state index contributed by atoms with van der Waals surface area (Å²) in [6.07, 6.45) is 4.07. The van der Waals surface area contributed by atoms with E-state index in [0.717, 1.165) is 36.9 Å². The number of hydrogen-bond donors (Lipinski definition) is 2. The lowest BCUT2D eigenvalue weighted by Gasteiger charge is -2.31. The van der Waals surface area contributed by atoms with Crippen LogP contribution in [0.2, 0.25) is 0 Å². The molecule has 0 radical (unpaired) electrons. The third kappa shape index (κ3) is 2.53. The summed E-state index contributed by atoms with van der Waals surface area (Å²) < 4.78 is 1.80. The molecule has 1 amide bonds. The highest BCUT2D eigenvalue weighted by atomic mass is 16.4. The molecule has 2 N–H and O–H groups in total. The van der Waals surface area contributed by atoms with Gasteiger partial charge in [0.1, 0.15) is 6.04 Å². The second-order valence-corrected chi connectivity index (χ2v) is 5.70. The number of fused-ring (bicyclic) bond motifs is 1. The molecule has 0 aromatic carbocycles. The van der Waals surface area contributed by atoms with Crippen molar-refractivity contribution in [3.8, 4) is 0 Å². The predicted octanol–water partition coefficient (Wildman–Crippen LogP) is -0.202. The predicted molar refractivity (Wildman–Crippen MR) is 75.2 cm³/mol. The second kappa shape index (κ2) is 5.48. The molecule has 1 aliphatic heterocycles. The molecule has 114 valence electrons. The van der Waals surface area contributed by atoms with Crippen molar-refractivity contribution in [2.24, 2.45) is 7.05 Å². The van der Waals surface area contributed by atoms with E-state index < -0.39 is 12.0 Å². The van der Waals surface area contributed by atoms with Gasteiger partial charge in [0.15, 0.2) is 5.69 Å². The maximum atomic E-state index is 12.7. The number of carbonyl (C=O) groups excluding carboxylic acids is 1. The minimum absolute atomic E-state index is 0.137. The number of hydrogen-bond acceptors (Lipinski definition) is 4. The zero-order valence-corrected chi connectivity index (χ0v) is 12.1. The zero-order valence-electron chi connectivity index (χ0n) is 12.1. The van der Waals surface area contributed by atoms with Crippen LogP contribution >= 0.6 is 0 Å². The van der Waals surface area contributed by atoms with Crippen LogP contribution in [0.15, 0.2) is 0 Å². The summed E-state index contributed by atoms with van der Waals surface area (Å²) in [6.45, 7) is 1.21. The van der Waals surface area contributed by atoms with Crippen molar-refractivity contribution in [1.82, 2.24) is 20.0 Å². The number of carboxylic acids is 1. The van der Waals surface area contributed by atoms with Gasteiger partial charge in [-0.05, 0) is 25.7 Å². The normalized spacial score (nSPS) is 22.0. The number of rotatable bonds is 2. The van der Waals surface area contributed by atoms with Crippen molar-refractivity contribution in [2.45, 2.75) is 31.7 Å². The largest absolute Gasteiger partial charge is 0.480 e. The highest BCUT2D eigenvalue weighted by molar-refractivity contribution is 5.94. The number of nitrogens with zero attached hydrogens (tertiary/aromatic N) is 3. The molecule has 0 saturated carbocycles. The molecule has 2 heterocycles. The van der Waals surface area contributed by atoms with Crippen LogP contribution < -0.4 is 5.32 Å². The minimum Gasteiger partial charge on any atom is -0.480 e. The third-order valence-corrected chi connectivity index (χ3v) is 4.33. The van der Waals surface area contributed by atoms with E-state index >= 15 is 0 Å². The first-order valence-corrected chi connectivity index (χ1v) is 7.38. The molecular formula is C14H20N4O3. The van der Waals surface area contributed by atoms with E-state index in [9.17, 15) is 9.59 Å². The van der Waals surface area contributed by atoms with E-state index in [1.165, 1.54) is 0 Å². The van der Waals surface area contributed by atoms with Gasteiger partial charge in [-0.3, -0.25) is 14.3 Å². The fraction of sp³-hybridized carbons (Fsp3) is 0.643. The van der Waals surface area contributed by atoms with Crippen LogP contribution in [0.25, 0.3) is 0 Å². The quantitative estimate of drug-likeness (QED) is 0.788. The highest BCUT2D eigenvalue weighted by Gasteiger charge is 2.32. The van der Waals surface area contributed by atoms with Gasteiger partial charge in [-0.15, -0.1) is 0 Å². The van der Waals surface area contributed by atoms with Crippen molar-refractivity contribution >= 4 is 11.9 Å². The standard InChI is InChI=1S/C14H20N4O3/c1-17-11-5-3-2-4-9(11)12(16-17)13(19)18-7-6-15-10(8-18)14(20)21/h10,15H,2-8H2,1H3,(H,20,21). The van der Waals surface area contributed by atoms with Crippen LogP contribution in [0.4, 0.5) is 0 Å². The number of amides is 1. The van der Waals surface area contributed by atoms with Gasteiger partial charge in [0, 0.05) is 37.9 Å². The molecule has 1 saturated heterocycles. The Kier molecular flexibility index (Phi) is 3.67. The SMILES string of the molecule is Cn1nc(C(=O)N2CCNC(C(=O)O)C2)c2c1CCCC2. The number of carboxylic acid groups (broad SMARTS) is 1. The zero-order chi connectivity index (χ0) is 15.0. The number of carbonyl (C=O) groups is 2. The average molecular weight is 292 g/mol. The third-order valence-electron chi connectivity index (χ3n) is 4.33. The lowest BCUT2D eigenvalue weighted by atomic mass is 9.95. The van der Waals surface area contributed by atoms with Crippen LogP contribution in [0, 0.1) is 0 Å². The summed E-state index contributed by atoms with van der Waals surface area (Å²) in [5.74, 6) is -1.06. The lowest BCUT2D eigenvalue weighted by Crippen LogP contribution is -2.55. The molecule has 1 fully saturated rings. The van der Waals surface area contributed by atoms with Gasteiger partial charge < -0.3 is 15.3 Å². The van der Waals surface area contributed by atoms with Crippen LogP contribution in [0.1, 0.15) is 34.6 Å². The van der Waals surface area contributed by atoms with Gasteiger partial charge in [-0.25, -0.2) is 0 Å². The molecule has 21 heavy (non-hydrogen) atoms. The van der Waals surface area contributed by atoms with Crippen molar-refractivity contribution in [2.75, 3.05) is 19.6 Å². The molecule has 2 aliphatic rings. The van der Waals surface area contributed by atoms with Crippen LogP contribution in [0.3, 0.4) is 0 Å². The molecule has 0 bridgehead atoms. The molecule has 1 aromatic heterocycles. The van der Waals surface area contributed by atoms with Gasteiger partial charge in [-0.1, -0.05) is 0 Å². The summed E-state index contributed by atoms with van der Waals surface area (Å²) in [5, 5.41) is 16.4. The first-order chi connectivity index (χ1) is 10.1. The molecule has 1 atom stereocenters. The molecule has 7 heteroatoms. The Morgan fingerprint density at radius 3 is 2.86 bits per heavy atom. The van der Waals surface area contributed by atoms with Crippen LogP contribution in [-0.2, 0) is 24.7 Å². The van der Waals surface area contributed by atoms with Crippen molar-refractivity contribution in [1.29, 1.82) is 0 Å². The monoisotopic (exact) mass is 292 g/mol. The van der Waals surface area contributed by atoms with Gasteiger partial charge in [0.2, 0.25) is 0 Å². The van der Waals surface area contributed by atoms with E-state index in [1.807, 2.05) is 7.05 Å². The van der Waals surface area contributed by atoms with Crippen molar-refractivity contribution in [3.05, 3.63) is 17.0 Å². The summed E-state index contributed by atoms with van der Waals surface area (Å²) in [5.41, 5.74) is 2.71. The number of aromatic nitrogens is 2. The Labute approximate surface area is 122 Å². The van der Waals surface area contributed by atoms with Crippen LogP contribution in [0.5, 0.6) is 0 Å². The number of aliphatic carboxylic acids is 1. The second-order valence-electron chi connectivity index (χ2n) is 5.70. The van der Waals surface area contributed by atoms with Gasteiger partial charge >= 0.3 is 5.97 Å². The van der Waals surface area contributed by atoms with E-state index in [4.69, 9.17) is 5.11 Å². The van der Waals surface area contributed by atoms with E-state index in [0.29, 0.717) is 18.8 Å². The van der Waals surface area contributed by atoms with Crippen molar-refractivity contribution in [3.63, 3.8) is 0 Å². The lowest BCUT2D eigenvalue weighted by molar-refractivity contribution is -0.140. The summed E-state index contributed by atoms with van der Waals surface area (Å²) in [4.78, 5) is 25.4. The Morgan fingerprint density at radius 2 is 2.10 bits per heavy atom. The maximum absolute atomic E-state index is 12.7. The van der Waals surface area contributed by atoms with Crippen molar-refractivity contribution < 1.29 is 14.7 Å². The summed E-state index contributed by atoms with van der Waals surface area (Å²) >= 11 is 0. The Bertz CT molecular complexity index is 581. The molecule has 1 unspecified atom stereocenters.